The summed E-state index contributed by atoms with van der Waals surface area (Å²) in [4.78, 5) is 2.31. The second-order valence-electron chi connectivity index (χ2n) is 11.1. The number of aromatic nitrogens is 1. The fourth-order valence-corrected chi connectivity index (χ4v) is 6.31. The highest BCUT2D eigenvalue weighted by atomic mass is 15.1. The minimum atomic E-state index is 1.13. The van der Waals surface area contributed by atoms with Gasteiger partial charge in [0.15, 0.2) is 0 Å². The second kappa shape index (κ2) is 11.1. The van der Waals surface area contributed by atoms with E-state index in [1.54, 1.807) is 0 Å². The van der Waals surface area contributed by atoms with E-state index in [2.05, 4.69) is 191 Å². The van der Waals surface area contributed by atoms with E-state index < -0.39 is 0 Å². The smallest absolute Gasteiger partial charge is 0.0541 e. The Morgan fingerprint density at radius 3 is 1.36 bits per heavy atom. The van der Waals surface area contributed by atoms with E-state index >= 15 is 0 Å². The van der Waals surface area contributed by atoms with Crippen molar-refractivity contribution < 1.29 is 0 Å². The zero-order valence-corrected chi connectivity index (χ0v) is 24.2. The van der Waals surface area contributed by atoms with Gasteiger partial charge in [-0.2, -0.15) is 0 Å². The Morgan fingerprint density at radius 2 is 0.773 bits per heavy atom. The topological polar surface area (TPSA) is 8.17 Å². The van der Waals surface area contributed by atoms with Gasteiger partial charge in [0, 0.05) is 33.5 Å². The van der Waals surface area contributed by atoms with Gasteiger partial charge in [0.2, 0.25) is 0 Å². The molecular weight excluding hydrogens is 532 g/mol. The molecule has 0 radical (unpaired) electrons. The first kappa shape index (κ1) is 25.8. The van der Waals surface area contributed by atoms with Gasteiger partial charge >= 0.3 is 0 Å². The van der Waals surface area contributed by atoms with Gasteiger partial charge in [-0.1, -0.05) is 115 Å². The fourth-order valence-electron chi connectivity index (χ4n) is 6.31. The van der Waals surface area contributed by atoms with E-state index in [1.807, 2.05) is 0 Å². The monoisotopic (exact) mass is 562 g/mol. The Labute approximate surface area is 257 Å². The van der Waals surface area contributed by atoms with Gasteiger partial charge < -0.3 is 9.47 Å². The Hall–Kier alpha value is -5.86. The first-order valence-electron chi connectivity index (χ1n) is 15.0. The summed E-state index contributed by atoms with van der Waals surface area (Å²) in [5.41, 5.74) is 11.8. The molecule has 0 saturated carbocycles. The van der Waals surface area contributed by atoms with Gasteiger partial charge in [-0.25, -0.2) is 0 Å². The van der Waals surface area contributed by atoms with Crippen LogP contribution in [0.3, 0.4) is 0 Å². The maximum Gasteiger partial charge on any atom is 0.0541 e. The van der Waals surface area contributed by atoms with Crippen molar-refractivity contribution >= 4 is 38.9 Å². The van der Waals surface area contributed by atoms with Crippen LogP contribution in [0.4, 0.5) is 17.1 Å². The largest absolute Gasteiger partial charge is 0.310 e. The number of hydrogen-bond donors (Lipinski definition) is 0. The first-order valence-corrected chi connectivity index (χ1v) is 15.0. The number of nitrogens with zero attached hydrogens (tertiary/aromatic N) is 2. The highest BCUT2D eigenvalue weighted by Gasteiger charge is 2.14. The zero-order valence-electron chi connectivity index (χ0n) is 24.2. The van der Waals surface area contributed by atoms with Crippen molar-refractivity contribution in [2.75, 3.05) is 4.90 Å². The standard InChI is InChI=1S/C42H30N2/c1-3-16-35(17-4-1)43(36-18-5-2-6-19-36)38-20-12-15-34(30-38)33-14-11-13-32(29-33)31-25-27-37(28-26-31)44-41-23-9-7-21-39(41)40-22-8-10-24-42(40)44/h1-30H. The van der Waals surface area contributed by atoms with Crippen molar-refractivity contribution in [3.8, 4) is 27.9 Å². The predicted octanol–water partition coefficient (Wildman–Crippen LogP) is 11.6. The highest BCUT2D eigenvalue weighted by Crippen LogP contribution is 2.37. The maximum absolute atomic E-state index is 2.36. The van der Waals surface area contributed by atoms with Crippen LogP contribution in [0.2, 0.25) is 0 Å². The van der Waals surface area contributed by atoms with Crippen molar-refractivity contribution in [3.63, 3.8) is 0 Å². The lowest BCUT2D eigenvalue weighted by Crippen LogP contribution is -2.09. The average Bonchev–Trinajstić information content (AvgIpc) is 3.44. The molecule has 8 aromatic rings. The molecule has 0 N–H and O–H groups in total. The third kappa shape index (κ3) is 4.63. The van der Waals surface area contributed by atoms with Gasteiger partial charge in [-0.05, 0) is 89.0 Å². The molecule has 0 fully saturated rings. The summed E-state index contributed by atoms with van der Waals surface area (Å²) in [5.74, 6) is 0. The molecule has 0 bridgehead atoms. The van der Waals surface area contributed by atoms with Gasteiger partial charge in [0.25, 0.3) is 0 Å². The van der Waals surface area contributed by atoms with E-state index in [1.165, 1.54) is 44.1 Å². The van der Waals surface area contributed by atoms with Crippen molar-refractivity contribution in [1.82, 2.24) is 4.57 Å². The lowest BCUT2D eigenvalue weighted by atomic mass is 9.98. The third-order valence-corrected chi connectivity index (χ3v) is 8.37. The van der Waals surface area contributed by atoms with Crippen molar-refractivity contribution in [2.24, 2.45) is 0 Å². The fraction of sp³-hybridized carbons (Fsp3) is 0. The molecule has 0 aliphatic rings. The number of para-hydroxylation sites is 4. The van der Waals surface area contributed by atoms with Crippen LogP contribution in [-0.2, 0) is 0 Å². The van der Waals surface area contributed by atoms with Crippen molar-refractivity contribution in [1.29, 1.82) is 0 Å². The summed E-state index contributed by atoms with van der Waals surface area (Å²) in [6, 6.07) is 65.0. The summed E-state index contributed by atoms with van der Waals surface area (Å²) < 4.78 is 2.36. The van der Waals surface area contributed by atoms with Crippen LogP contribution in [0.15, 0.2) is 182 Å². The SMILES string of the molecule is c1ccc(N(c2ccccc2)c2cccc(-c3cccc(-c4ccc(-n5c6ccccc6c6ccccc65)cc4)c3)c2)cc1. The Balaban J connectivity index is 1.15. The van der Waals surface area contributed by atoms with Crippen LogP contribution in [0, 0.1) is 0 Å². The van der Waals surface area contributed by atoms with Crippen LogP contribution in [0.25, 0.3) is 49.7 Å². The van der Waals surface area contributed by atoms with E-state index in [4.69, 9.17) is 0 Å². The molecule has 1 aromatic heterocycles. The summed E-state index contributed by atoms with van der Waals surface area (Å²) in [6.45, 7) is 0. The van der Waals surface area contributed by atoms with Crippen LogP contribution < -0.4 is 4.90 Å². The second-order valence-corrected chi connectivity index (χ2v) is 11.1. The molecule has 0 atom stereocenters. The number of rotatable bonds is 6. The number of benzene rings is 7. The molecule has 2 heteroatoms. The van der Waals surface area contributed by atoms with Crippen LogP contribution in [0.1, 0.15) is 0 Å². The Bertz CT molecular complexity index is 2120. The molecule has 1 heterocycles. The molecule has 0 aliphatic carbocycles. The molecule has 7 aromatic carbocycles. The lowest BCUT2D eigenvalue weighted by Gasteiger charge is -2.26. The molecular formula is C42H30N2. The summed E-state index contributed by atoms with van der Waals surface area (Å²) in [6.07, 6.45) is 0. The summed E-state index contributed by atoms with van der Waals surface area (Å²) in [7, 11) is 0. The van der Waals surface area contributed by atoms with E-state index in [-0.39, 0.29) is 0 Å². The molecule has 0 aliphatic heterocycles. The molecule has 0 saturated heterocycles. The van der Waals surface area contributed by atoms with E-state index in [9.17, 15) is 0 Å². The van der Waals surface area contributed by atoms with Gasteiger partial charge in [-0.3, -0.25) is 0 Å². The third-order valence-electron chi connectivity index (χ3n) is 8.37. The Kier molecular flexibility index (Phi) is 6.51. The van der Waals surface area contributed by atoms with Crippen LogP contribution >= 0.6 is 0 Å². The van der Waals surface area contributed by atoms with Crippen molar-refractivity contribution in [3.05, 3.63) is 182 Å². The molecule has 8 rings (SSSR count). The van der Waals surface area contributed by atoms with E-state index in [0.29, 0.717) is 0 Å². The minimum absolute atomic E-state index is 1.13. The quantitative estimate of drug-likeness (QED) is 0.196. The van der Waals surface area contributed by atoms with Crippen molar-refractivity contribution in [2.45, 2.75) is 0 Å². The first-order chi connectivity index (χ1) is 21.8. The molecule has 0 spiro atoms. The normalized spacial score (nSPS) is 11.2. The van der Waals surface area contributed by atoms with Crippen LogP contribution in [-0.4, -0.2) is 4.57 Å². The zero-order chi connectivity index (χ0) is 29.3. The lowest BCUT2D eigenvalue weighted by molar-refractivity contribution is 1.18. The number of anilines is 3. The minimum Gasteiger partial charge on any atom is -0.310 e. The molecule has 208 valence electrons. The van der Waals surface area contributed by atoms with Gasteiger partial charge in [0.1, 0.15) is 0 Å². The highest BCUT2D eigenvalue weighted by molar-refractivity contribution is 6.09. The molecule has 44 heavy (non-hydrogen) atoms. The van der Waals surface area contributed by atoms with Crippen LogP contribution in [0.5, 0.6) is 0 Å². The number of hydrogen-bond acceptors (Lipinski definition) is 1. The molecule has 0 amide bonds. The molecule has 2 nitrogen and oxygen atoms in total. The number of fused-ring (bicyclic) bond motifs is 3. The summed E-state index contributed by atoms with van der Waals surface area (Å²) in [5, 5.41) is 2.56. The van der Waals surface area contributed by atoms with E-state index in [0.717, 1.165) is 22.7 Å². The molecule has 0 unspecified atom stereocenters. The maximum atomic E-state index is 2.36. The predicted molar refractivity (Wildman–Crippen MR) is 186 cm³/mol. The average molecular weight is 563 g/mol. The Morgan fingerprint density at radius 1 is 0.318 bits per heavy atom. The van der Waals surface area contributed by atoms with Gasteiger partial charge in [-0.15, -0.1) is 0 Å². The van der Waals surface area contributed by atoms with Gasteiger partial charge in [0.05, 0.1) is 11.0 Å². The summed E-state index contributed by atoms with van der Waals surface area (Å²) >= 11 is 0.